The third-order valence-corrected chi connectivity index (χ3v) is 1.91. The molecule has 10 heavy (non-hydrogen) atoms. The molecule has 3 radical (unpaired) electrons. The summed E-state index contributed by atoms with van der Waals surface area (Å²) in [6.45, 7) is 7.60. The van der Waals surface area contributed by atoms with Gasteiger partial charge in [-0.2, -0.15) is 0 Å². The summed E-state index contributed by atoms with van der Waals surface area (Å²) < 4.78 is 5.12. The molecule has 0 rings (SSSR count). The number of nitrogens with two attached hydrogens (primary N) is 1. The molecular weight excluding hydrogens is 124 g/mol. The van der Waals surface area contributed by atoms with Gasteiger partial charge in [0, 0.05) is 5.54 Å². The van der Waals surface area contributed by atoms with Crippen molar-refractivity contribution in [1.29, 1.82) is 0 Å². The average molecular weight is 138 g/mol. The molecule has 0 atom stereocenters. The van der Waals surface area contributed by atoms with Gasteiger partial charge >= 0.3 is 0 Å². The summed E-state index contributed by atoms with van der Waals surface area (Å²) >= 11 is 0. The summed E-state index contributed by atoms with van der Waals surface area (Å²) in [5.41, 5.74) is 5.00. The lowest BCUT2D eigenvalue weighted by atomic mass is 9.70. The van der Waals surface area contributed by atoms with Crippen molar-refractivity contribution < 1.29 is 4.65 Å². The zero-order valence-corrected chi connectivity index (χ0v) is 7.14. The first-order chi connectivity index (χ1) is 4.31. The second-order valence-corrected chi connectivity index (χ2v) is 3.49. The lowest BCUT2D eigenvalue weighted by Crippen LogP contribution is -2.54. The first-order valence-corrected chi connectivity index (χ1v) is 3.31. The van der Waals surface area contributed by atoms with E-state index in [1.54, 1.807) is 0 Å². The Labute approximate surface area is 65.2 Å². The number of hydrogen-bond acceptors (Lipinski definition) is 2. The highest BCUT2D eigenvalue weighted by Crippen LogP contribution is 2.21. The molecule has 0 aliphatic rings. The van der Waals surface area contributed by atoms with Gasteiger partial charge in [-0.25, -0.2) is 0 Å². The van der Waals surface area contributed by atoms with Gasteiger partial charge in [-0.3, -0.25) is 0 Å². The van der Waals surface area contributed by atoms with Gasteiger partial charge in [0.25, 0.3) is 0 Å². The molecule has 4 heteroatoms. The molecule has 0 aromatic heterocycles. The highest BCUT2D eigenvalue weighted by Gasteiger charge is 2.32. The minimum absolute atomic E-state index is 0.386. The lowest BCUT2D eigenvalue weighted by Gasteiger charge is -2.38. The van der Waals surface area contributed by atoms with Gasteiger partial charge in [-0.1, -0.05) is 0 Å². The summed E-state index contributed by atoms with van der Waals surface area (Å²) in [6, 6.07) is 0. The fraction of sp³-hybridized carbons (Fsp3) is 1.00. The first kappa shape index (κ1) is 10.0. The molecule has 0 spiro atoms. The van der Waals surface area contributed by atoms with E-state index in [4.69, 9.17) is 18.1 Å². The smallest absolute Gasteiger partial charge is 0.231 e. The van der Waals surface area contributed by atoms with Crippen LogP contribution in [0.25, 0.3) is 0 Å². The predicted molar refractivity (Wildman–Crippen MR) is 44.9 cm³/mol. The van der Waals surface area contributed by atoms with Crippen molar-refractivity contribution in [3.63, 3.8) is 0 Å². The Bertz CT molecular complexity index is 109. The highest BCUT2D eigenvalue weighted by atomic mass is 16.5. The predicted octanol–water partition coefficient (Wildman–Crippen LogP) is 0.222. The zero-order valence-electron chi connectivity index (χ0n) is 7.14. The zero-order chi connectivity index (χ0) is 8.41. The van der Waals surface area contributed by atoms with Gasteiger partial charge in [0.2, 0.25) is 7.37 Å². The van der Waals surface area contributed by atoms with Gasteiger partial charge < -0.3 is 10.4 Å². The van der Waals surface area contributed by atoms with Crippen molar-refractivity contribution in [2.24, 2.45) is 5.73 Å². The Morgan fingerprint density at radius 2 is 1.70 bits per heavy atom. The molecule has 0 amide bonds. The monoisotopic (exact) mass is 138 g/mol. The Kier molecular flexibility index (Phi) is 2.99. The topological polar surface area (TPSA) is 35.2 Å². The van der Waals surface area contributed by atoms with Crippen LogP contribution in [0.15, 0.2) is 0 Å². The normalized spacial score (nSPS) is 13.3. The lowest BCUT2D eigenvalue weighted by molar-refractivity contribution is 0.0476. The fourth-order valence-corrected chi connectivity index (χ4v) is 0.322. The van der Waals surface area contributed by atoms with Crippen molar-refractivity contribution in [1.82, 2.24) is 0 Å². The molecule has 0 saturated heterocycles. The van der Waals surface area contributed by atoms with Crippen molar-refractivity contribution in [3.05, 3.63) is 0 Å². The SMILES string of the molecule is [B][B]OC(C)(C)C(C)(C)N. The Morgan fingerprint density at radius 1 is 1.30 bits per heavy atom. The number of rotatable bonds is 3. The molecule has 0 aliphatic heterocycles. The van der Waals surface area contributed by atoms with Crippen LogP contribution in [-0.4, -0.2) is 26.3 Å². The van der Waals surface area contributed by atoms with Gasteiger partial charge in [0.1, 0.15) is 0 Å². The second kappa shape index (κ2) is 2.97. The first-order valence-electron chi connectivity index (χ1n) is 3.31. The van der Waals surface area contributed by atoms with Crippen molar-refractivity contribution in [2.75, 3.05) is 0 Å². The van der Waals surface area contributed by atoms with E-state index in [1.807, 2.05) is 27.7 Å². The standard InChI is InChI=1S/C6H14B2NO/c1-5(2,9)6(3,4)10-8-7/h9H2,1-4H3. The molecule has 0 bridgehead atoms. The maximum absolute atomic E-state index is 5.80. The van der Waals surface area contributed by atoms with Crippen molar-refractivity contribution in [3.8, 4) is 0 Å². The van der Waals surface area contributed by atoms with Crippen LogP contribution in [0.2, 0.25) is 0 Å². The fourth-order valence-electron chi connectivity index (χ4n) is 0.322. The maximum atomic E-state index is 5.80. The molecule has 0 aromatic carbocycles. The molecule has 0 heterocycles. The molecule has 2 nitrogen and oxygen atoms in total. The molecule has 0 aromatic rings. The summed E-state index contributed by atoms with van der Waals surface area (Å²) in [5.74, 6) is 0. The molecule has 0 fully saturated rings. The minimum Gasteiger partial charge on any atom is -0.446 e. The molecule has 0 saturated carbocycles. The van der Waals surface area contributed by atoms with E-state index >= 15 is 0 Å². The summed E-state index contributed by atoms with van der Waals surface area (Å²) in [4.78, 5) is 0. The van der Waals surface area contributed by atoms with Gasteiger partial charge in [-0.15, -0.1) is 0 Å². The van der Waals surface area contributed by atoms with Crippen LogP contribution >= 0.6 is 0 Å². The summed E-state index contributed by atoms with van der Waals surface area (Å²) in [5, 5.41) is 0. The van der Waals surface area contributed by atoms with Crippen LogP contribution in [0, 0.1) is 0 Å². The van der Waals surface area contributed by atoms with E-state index in [0.717, 1.165) is 0 Å². The van der Waals surface area contributed by atoms with Gasteiger partial charge in [0.15, 0.2) is 0 Å². The van der Waals surface area contributed by atoms with E-state index in [9.17, 15) is 0 Å². The van der Waals surface area contributed by atoms with Crippen molar-refractivity contribution in [2.45, 2.75) is 38.8 Å². The molecule has 2 N–H and O–H groups in total. The molecule has 0 unspecified atom stereocenters. The Morgan fingerprint density at radius 3 is 1.80 bits per heavy atom. The molecule has 0 aliphatic carbocycles. The molecular formula is C6H14B2NO. The van der Waals surface area contributed by atoms with Crippen LogP contribution in [-0.2, 0) is 4.65 Å². The average Bonchev–Trinajstić information content (AvgIpc) is 1.61. The van der Waals surface area contributed by atoms with Crippen LogP contribution in [0.5, 0.6) is 0 Å². The third-order valence-electron chi connectivity index (χ3n) is 1.91. The van der Waals surface area contributed by atoms with E-state index in [1.165, 1.54) is 7.37 Å². The largest absolute Gasteiger partial charge is 0.446 e. The van der Waals surface area contributed by atoms with E-state index < -0.39 is 5.60 Å². The van der Waals surface area contributed by atoms with Gasteiger partial charge in [0.05, 0.1) is 13.3 Å². The van der Waals surface area contributed by atoms with E-state index in [2.05, 4.69) is 0 Å². The Hall–Kier alpha value is 0.0499. The van der Waals surface area contributed by atoms with Crippen LogP contribution in [0.1, 0.15) is 27.7 Å². The maximum Gasteiger partial charge on any atom is 0.231 e. The second-order valence-electron chi connectivity index (χ2n) is 3.49. The summed E-state index contributed by atoms with van der Waals surface area (Å²) in [7, 11) is 6.28. The quantitative estimate of drug-likeness (QED) is 0.566. The molecule has 55 valence electrons. The Balaban J connectivity index is 4.10. The van der Waals surface area contributed by atoms with Gasteiger partial charge in [-0.05, 0) is 27.7 Å². The van der Waals surface area contributed by atoms with Crippen LogP contribution in [0.4, 0.5) is 0 Å². The minimum atomic E-state index is -0.415. The third kappa shape index (κ3) is 2.35. The van der Waals surface area contributed by atoms with E-state index in [-0.39, 0.29) is 5.54 Å². The number of hydrogen-bond donors (Lipinski definition) is 1. The highest BCUT2D eigenvalue weighted by molar-refractivity contribution is 6.85. The van der Waals surface area contributed by atoms with Crippen LogP contribution < -0.4 is 5.73 Å². The van der Waals surface area contributed by atoms with Crippen molar-refractivity contribution >= 4 is 15.1 Å². The van der Waals surface area contributed by atoms with E-state index in [0.29, 0.717) is 0 Å². The summed E-state index contributed by atoms with van der Waals surface area (Å²) in [6.07, 6.45) is 0. The van der Waals surface area contributed by atoms with Crippen LogP contribution in [0.3, 0.4) is 0 Å².